The van der Waals surface area contributed by atoms with E-state index >= 15 is 0 Å². The van der Waals surface area contributed by atoms with Gasteiger partial charge in [0.15, 0.2) is 6.61 Å². The molecule has 1 spiro atoms. The number of hydrogen-bond acceptors (Lipinski definition) is 5. The molecule has 1 aromatic carbocycles. The highest BCUT2D eigenvalue weighted by molar-refractivity contribution is 5.77. The Bertz CT molecular complexity index is 595. The highest BCUT2D eigenvalue weighted by Crippen LogP contribution is 2.36. The van der Waals surface area contributed by atoms with E-state index in [1.165, 1.54) is 5.56 Å². The van der Waals surface area contributed by atoms with E-state index in [0.29, 0.717) is 26.3 Å². The van der Waals surface area contributed by atoms with Gasteiger partial charge in [-0.25, -0.2) is 0 Å². The number of carbonyl (C=O) groups is 1. The molecule has 0 saturated carbocycles. The summed E-state index contributed by atoms with van der Waals surface area (Å²) in [5, 5.41) is 0. The van der Waals surface area contributed by atoms with Crippen LogP contribution in [0.15, 0.2) is 24.3 Å². The number of rotatable bonds is 7. The molecule has 6 heteroatoms. The summed E-state index contributed by atoms with van der Waals surface area (Å²) in [5.41, 5.74) is 1.02. The summed E-state index contributed by atoms with van der Waals surface area (Å²) in [7, 11) is 1.68. The molecular weight excluding hydrogens is 346 g/mol. The van der Waals surface area contributed by atoms with Gasteiger partial charge in [-0.15, -0.1) is 0 Å². The van der Waals surface area contributed by atoms with E-state index in [4.69, 9.17) is 18.9 Å². The first-order valence-corrected chi connectivity index (χ1v) is 9.82. The van der Waals surface area contributed by atoms with Crippen molar-refractivity contribution in [1.29, 1.82) is 0 Å². The lowest BCUT2D eigenvalue weighted by molar-refractivity contribution is -0.163. The van der Waals surface area contributed by atoms with Crippen LogP contribution in [-0.4, -0.2) is 69.1 Å². The molecule has 0 aromatic heterocycles. The van der Waals surface area contributed by atoms with Crippen molar-refractivity contribution in [2.45, 2.75) is 44.3 Å². The van der Waals surface area contributed by atoms with Gasteiger partial charge < -0.3 is 23.8 Å². The van der Waals surface area contributed by atoms with E-state index in [2.05, 4.69) is 0 Å². The predicted octanol–water partition coefficient (Wildman–Crippen LogP) is 2.58. The maximum absolute atomic E-state index is 12.5. The minimum absolute atomic E-state index is 0.0362. The number of benzene rings is 1. The third kappa shape index (κ3) is 5.67. The van der Waals surface area contributed by atoms with E-state index in [1.807, 2.05) is 36.1 Å². The average Bonchev–Trinajstić information content (AvgIpc) is 2.68. The van der Waals surface area contributed by atoms with Gasteiger partial charge in [-0.2, -0.15) is 0 Å². The van der Waals surface area contributed by atoms with Gasteiger partial charge in [-0.05, 0) is 38.3 Å². The van der Waals surface area contributed by atoms with Crippen molar-refractivity contribution < 1.29 is 23.7 Å². The number of amides is 1. The van der Waals surface area contributed by atoms with Gasteiger partial charge >= 0.3 is 0 Å². The van der Waals surface area contributed by atoms with Crippen molar-refractivity contribution >= 4 is 5.91 Å². The summed E-state index contributed by atoms with van der Waals surface area (Å²) in [6.45, 7) is 5.49. The molecule has 150 valence electrons. The average molecular weight is 377 g/mol. The van der Waals surface area contributed by atoms with Crippen LogP contribution in [0.3, 0.4) is 0 Å². The second-order valence-electron chi connectivity index (χ2n) is 7.49. The van der Waals surface area contributed by atoms with E-state index < -0.39 is 0 Å². The molecule has 0 aliphatic carbocycles. The largest absolute Gasteiger partial charge is 0.484 e. The lowest BCUT2D eigenvalue weighted by Gasteiger charge is -2.46. The van der Waals surface area contributed by atoms with Crippen LogP contribution < -0.4 is 4.74 Å². The highest BCUT2D eigenvalue weighted by atomic mass is 16.5. The van der Waals surface area contributed by atoms with E-state index in [9.17, 15) is 4.79 Å². The van der Waals surface area contributed by atoms with E-state index in [0.717, 1.165) is 38.0 Å². The number of ether oxygens (including phenoxy) is 4. The molecule has 0 radical (unpaired) electrons. The predicted molar refractivity (Wildman–Crippen MR) is 102 cm³/mol. The standard InChI is InChI=1S/C21H31NO5/c1-17-3-5-18(6-4-17)26-16-20(23)22-10-8-21(9-11-22)15-19(7-12-27-21)25-14-13-24-2/h3-6,19H,7-16H2,1-2H3. The molecule has 2 aliphatic heterocycles. The Morgan fingerprint density at radius 2 is 1.96 bits per heavy atom. The van der Waals surface area contributed by atoms with Crippen molar-refractivity contribution in [2.75, 3.05) is 46.6 Å². The molecule has 2 saturated heterocycles. The van der Waals surface area contributed by atoms with Crippen LogP contribution in [0.2, 0.25) is 0 Å². The smallest absolute Gasteiger partial charge is 0.260 e. The minimum Gasteiger partial charge on any atom is -0.484 e. The second kappa shape index (κ2) is 9.53. The fourth-order valence-corrected chi connectivity index (χ4v) is 3.81. The Morgan fingerprint density at radius 3 is 2.67 bits per heavy atom. The van der Waals surface area contributed by atoms with Crippen LogP contribution >= 0.6 is 0 Å². The van der Waals surface area contributed by atoms with Gasteiger partial charge in [0.2, 0.25) is 0 Å². The first-order valence-electron chi connectivity index (χ1n) is 9.82. The normalized spacial score (nSPS) is 22.0. The maximum atomic E-state index is 12.5. The molecule has 6 nitrogen and oxygen atoms in total. The topological polar surface area (TPSA) is 57.2 Å². The Morgan fingerprint density at radius 1 is 1.22 bits per heavy atom. The second-order valence-corrected chi connectivity index (χ2v) is 7.49. The van der Waals surface area contributed by atoms with E-state index in [-0.39, 0.29) is 24.2 Å². The summed E-state index contributed by atoms with van der Waals surface area (Å²) in [5.74, 6) is 0.767. The van der Waals surface area contributed by atoms with Gasteiger partial charge in [0.25, 0.3) is 5.91 Å². The summed E-state index contributed by atoms with van der Waals surface area (Å²) in [6, 6.07) is 7.76. The van der Waals surface area contributed by atoms with Crippen LogP contribution in [0, 0.1) is 6.92 Å². The summed E-state index contributed by atoms with van der Waals surface area (Å²) in [6.07, 6.45) is 3.76. The number of hydrogen-bond donors (Lipinski definition) is 0. The Hall–Kier alpha value is -1.63. The van der Waals surface area contributed by atoms with E-state index in [1.54, 1.807) is 7.11 Å². The Kier molecular flexibility index (Phi) is 7.10. The molecule has 27 heavy (non-hydrogen) atoms. The van der Waals surface area contributed by atoms with Gasteiger partial charge in [0.1, 0.15) is 5.75 Å². The van der Waals surface area contributed by atoms with Crippen LogP contribution in [0.1, 0.15) is 31.2 Å². The molecular formula is C21H31NO5. The van der Waals surface area contributed by atoms with Crippen LogP contribution in [0.5, 0.6) is 5.75 Å². The number of nitrogens with zero attached hydrogens (tertiary/aromatic N) is 1. The Balaban J connectivity index is 1.43. The number of likely N-dealkylation sites (tertiary alicyclic amines) is 1. The molecule has 1 atom stereocenters. The third-order valence-electron chi connectivity index (χ3n) is 5.50. The SMILES string of the molecule is COCCOC1CCOC2(CCN(C(=O)COc3ccc(C)cc3)CC2)C1. The minimum atomic E-state index is -0.148. The molecule has 2 heterocycles. The molecule has 1 unspecified atom stereocenters. The first-order chi connectivity index (χ1) is 13.1. The summed E-state index contributed by atoms with van der Waals surface area (Å²) in [4.78, 5) is 14.4. The molecule has 2 fully saturated rings. The van der Waals surface area contributed by atoms with Crippen LogP contribution in [0.4, 0.5) is 0 Å². The maximum Gasteiger partial charge on any atom is 0.260 e. The zero-order chi connectivity index (χ0) is 19.1. The van der Waals surface area contributed by atoms with Gasteiger partial charge in [0.05, 0.1) is 24.9 Å². The van der Waals surface area contributed by atoms with Crippen molar-refractivity contribution in [1.82, 2.24) is 4.90 Å². The number of carbonyl (C=O) groups excluding carboxylic acids is 1. The van der Waals surface area contributed by atoms with Gasteiger partial charge in [-0.3, -0.25) is 4.79 Å². The Labute approximate surface area is 161 Å². The summed E-state index contributed by atoms with van der Waals surface area (Å²) >= 11 is 0. The lowest BCUT2D eigenvalue weighted by atomic mass is 9.83. The quantitative estimate of drug-likeness (QED) is 0.684. The molecule has 3 rings (SSSR count). The highest BCUT2D eigenvalue weighted by Gasteiger charge is 2.41. The zero-order valence-electron chi connectivity index (χ0n) is 16.4. The lowest BCUT2D eigenvalue weighted by Crippen LogP contribution is -2.52. The summed E-state index contributed by atoms with van der Waals surface area (Å²) < 4.78 is 22.7. The van der Waals surface area contributed by atoms with Crippen molar-refractivity contribution in [3.8, 4) is 5.75 Å². The molecule has 1 aromatic rings. The van der Waals surface area contributed by atoms with Gasteiger partial charge in [-0.1, -0.05) is 17.7 Å². The van der Waals surface area contributed by atoms with Crippen molar-refractivity contribution in [3.05, 3.63) is 29.8 Å². The number of methoxy groups -OCH3 is 1. The fraction of sp³-hybridized carbons (Fsp3) is 0.667. The molecule has 0 N–H and O–H groups in total. The zero-order valence-corrected chi connectivity index (χ0v) is 16.4. The third-order valence-corrected chi connectivity index (χ3v) is 5.50. The van der Waals surface area contributed by atoms with Crippen molar-refractivity contribution in [3.63, 3.8) is 0 Å². The molecule has 1 amide bonds. The first kappa shape index (κ1) is 20.1. The number of piperidine rings is 1. The molecule has 2 aliphatic rings. The molecule has 0 bridgehead atoms. The fourth-order valence-electron chi connectivity index (χ4n) is 3.81. The van der Waals surface area contributed by atoms with Crippen molar-refractivity contribution in [2.24, 2.45) is 0 Å². The van der Waals surface area contributed by atoms with Crippen LogP contribution in [0.25, 0.3) is 0 Å². The number of aryl methyl sites for hydroxylation is 1. The van der Waals surface area contributed by atoms with Gasteiger partial charge in [0, 0.05) is 33.2 Å². The monoisotopic (exact) mass is 377 g/mol. The van der Waals surface area contributed by atoms with Crippen LogP contribution in [-0.2, 0) is 19.0 Å².